The molecule has 0 radical (unpaired) electrons. The predicted molar refractivity (Wildman–Crippen MR) is 68.9 cm³/mol. The summed E-state index contributed by atoms with van der Waals surface area (Å²) in [7, 11) is 0. The number of halogens is 1. The van der Waals surface area contributed by atoms with Crippen molar-refractivity contribution >= 4 is 27.7 Å². The average molecular weight is 286 g/mol. The zero-order valence-electron chi connectivity index (χ0n) is 9.93. The second-order valence-electron chi connectivity index (χ2n) is 4.02. The highest BCUT2D eigenvalue weighted by Gasteiger charge is 2.10. The minimum atomic E-state index is -0.428. The summed E-state index contributed by atoms with van der Waals surface area (Å²) in [4.78, 5) is 11.5. The molecule has 0 aliphatic rings. The first-order chi connectivity index (χ1) is 7.40. The summed E-state index contributed by atoms with van der Waals surface area (Å²) in [6, 6.07) is 3.97. The fraction of sp³-hybridized carbons (Fsp3) is 0.417. The van der Waals surface area contributed by atoms with Gasteiger partial charge in [-0.25, -0.2) is 4.79 Å². The van der Waals surface area contributed by atoms with Crippen molar-refractivity contribution in [1.29, 1.82) is 0 Å². The van der Waals surface area contributed by atoms with Crippen LogP contribution in [0.1, 0.15) is 25.0 Å². The number of nitrogens with one attached hydrogen (secondary N) is 1. The molecule has 0 atom stereocenters. The Balaban J connectivity index is 2.85. The largest absolute Gasteiger partial charge is 0.447 e. The summed E-state index contributed by atoms with van der Waals surface area (Å²) in [5, 5.41) is 2.73. The maximum Gasteiger partial charge on any atom is 0.411 e. The van der Waals surface area contributed by atoms with Gasteiger partial charge in [-0.2, -0.15) is 0 Å². The highest BCUT2D eigenvalue weighted by molar-refractivity contribution is 9.10. The molecule has 0 spiro atoms. The van der Waals surface area contributed by atoms with Gasteiger partial charge in [-0.1, -0.05) is 6.07 Å². The summed E-state index contributed by atoms with van der Waals surface area (Å²) in [6.07, 6.45) is -0.549. The molecule has 0 saturated heterocycles. The van der Waals surface area contributed by atoms with Crippen molar-refractivity contribution in [2.75, 3.05) is 5.32 Å². The number of aryl methyl sites for hydroxylation is 2. The van der Waals surface area contributed by atoms with E-state index < -0.39 is 6.09 Å². The Hall–Kier alpha value is -1.03. The minimum absolute atomic E-state index is 0.121. The van der Waals surface area contributed by atoms with E-state index in [9.17, 15) is 4.79 Å². The normalized spacial score (nSPS) is 10.4. The standard InChI is InChI=1S/C12H16BrNO2/c1-7(2)16-12(15)14-11-9(4)5-8(3)6-10(11)13/h5-7H,1-4H3,(H,14,15). The molecular weight excluding hydrogens is 270 g/mol. The lowest BCUT2D eigenvalue weighted by Crippen LogP contribution is -2.18. The van der Waals surface area contributed by atoms with E-state index in [0.29, 0.717) is 0 Å². The highest BCUT2D eigenvalue weighted by Crippen LogP contribution is 2.27. The Morgan fingerprint density at radius 3 is 2.50 bits per heavy atom. The third-order valence-corrected chi connectivity index (χ3v) is 2.63. The van der Waals surface area contributed by atoms with Gasteiger partial charge in [-0.15, -0.1) is 0 Å². The van der Waals surface area contributed by atoms with Crippen LogP contribution in [-0.2, 0) is 4.74 Å². The molecule has 0 heterocycles. The molecular formula is C12H16BrNO2. The first kappa shape index (κ1) is 13.0. The van der Waals surface area contributed by atoms with Gasteiger partial charge < -0.3 is 4.74 Å². The number of amides is 1. The summed E-state index contributed by atoms with van der Waals surface area (Å²) < 4.78 is 5.89. The van der Waals surface area contributed by atoms with Crippen LogP contribution in [0.25, 0.3) is 0 Å². The fourth-order valence-corrected chi connectivity index (χ4v) is 2.19. The van der Waals surface area contributed by atoms with E-state index in [0.717, 1.165) is 21.3 Å². The third-order valence-electron chi connectivity index (χ3n) is 2.00. The third kappa shape index (κ3) is 3.52. The first-order valence-electron chi connectivity index (χ1n) is 5.14. The van der Waals surface area contributed by atoms with E-state index in [4.69, 9.17) is 4.74 Å². The number of hydrogen-bond acceptors (Lipinski definition) is 2. The minimum Gasteiger partial charge on any atom is -0.447 e. The summed E-state index contributed by atoms with van der Waals surface area (Å²) in [5.41, 5.74) is 2.91. The lowest BCUT2D eigenvalue weighted by Gasteiger charge is -2.13. The maximum absolute atomic E-state index is 11.5. The topological polar surface area (TPSA) is 38.3 Å². The molecule has 3 nitrogen and oxygen atoms in total. The SMILES string of the molecule is Cc1cc(C)c(NC(=O)OC(C)C)c(Br)c1. The molecule has 0 unspecified atom stereocenters. The number of carbonyl (C=O) groups excluding carboxylic acids is 1. The van der Waals surface area contributed by atoms with Crippen LogP contribution in [0.4, 0.5) is 10.5 Å². The molecule has 0 aliphatic heterocycles. The van der Waals surface area contributed by atoms with Crippen LogP contribution in [0.3, 0.4) is 0 Å². The van der Waals surface area contributed by atoms with Crippen molar-refractivity contribution in [2.45, 2.75) is 33.8 Å². The van der Waals surface area contributed by atoms with Crippen molar-refractivity contribution in [3.63, 3.8) is 0 Å². The van der Waals surface area contributed by atoms with E-state index >= 15 is 0 Å². The Kier molecular flexibility index (Phi) is 4.35. The molecule has 16 heavy (non-hydrogen) atoms. The maximum atomic E-state index is 11.5. The van der Waals surface area contributed by atoms with Gasteiger partial charge in [-0.05, 0) is 60.8 Å². The predicted octanol–water partition coefficient (Wildman–Crippen LogP) is 4.02. The van der Waals surface area contributed by atoms with E-state index in [-0.39, 0.29) is 6.10 Å². The summed E-state index contributed by atoms with van der Waals surface area (Å²) >= 11 is 3.42. The molecule has 88 valence electrons. The Morgan fingerprint density at radius 1 is 1.38 bits per heavy atom. The lowest BCUT2D eigenvalue weighted by molar-refractivity contribution is 0.130. The quantitative estimate of drug-likeness (QED) is 0.891. The Morgan fingerprint density at radius 2 is 2.00 bits per heavy atom. The number of carbonyl (C=O) groups is 1. The Labute approximate surface area is 104 Å². The highest BCUT2D eigenvalue weighted by atomic mass is 79.9. The molecule has 0 aliphatic carbocycles. The van der Waals surface area contributed by atoms with Gasteiger partial charge >= 0.3 is 6.09 Å². The van der Waals surface area contributed by atoms with Gasteiger partial charge in [0.1, 0.15) is 0 Å². The molecule has 1 aromatic rings. The molecule has 1 N–H and O–H groups in total. The van der Waals surface area contributed by atoms with Crippen molar-refractivity contribution in [1.82, 2.24) is 0 Å². The van der Waals surface area contributed by atoms with Crippen molar-refractivity contribution in [3.8, 4) is 0 Å². The van der Waals surface area contributed by atoms with Gasteiger partial charge in [-0.3, -0.25) is 5.32 Å². The molecule has 0 fully saturated rings. The van der Waals surface area contributed by atoms with Crippen molar-refractivity contribution < 1.29 is 9.53 Å². The second-order valence-corrected chi connectivity index (χ2v) is 4.87. The molecule has 4 heteroatoms. The Bertz CT molecular complexity index is 379. The van der Waals surface area contributed by atoms with Crippen LogP contribution >= 0.6 is 15.9 Å². The van der Waals surface area contributed by atoms with Crippen LogP contribution in [0.2, 0.25) is 0 Å². The zero-order chi connectivity index (χ0) is 12.3. The van der Waals surface area contributed by atoms with E-state index in [1.54, 1.807) is 0 Å². The van der Waals surface area contributed by atoms with Crippen LogP contribution in [-0.4, -0.2) is 12.2 Å². The fourth-order valence-electron chi connectivity index (χ4n) is 1.42. The number of hydrogen-bond donors (Lipinski definition) is 1. The molecule has 0 saturated carbocycles. The smallest absolute Gasteiger partial charge is 0.411 e. The van der Waals surface area contributed by atoms with Crippen molar-refractivity contribution in [3.05, 3.63) is 27.7 Å². The van der Waals surface area contributed by atoms with Crippen LogP contribution < -0.4 is 5.32 Å². The zero-order valence-corrected chi connectivity index (χ0v) is 11.5. The van der Waals surface area contributed by atoms with E-state index in [1.165, 1.54) is 0 Å². The number of anilines is 1. The van der Waals surface area contributed by atoms with Gasteiger partial charge in [0.15, 0.2) is 0 Å². The molecule has 0 aromatic heterocycles. The lowest BCUT2D eigenvalue weighted by atomic mass is 10.1. The van der Waals surface area contributed by atoms with Crippen LogP contribution in [0.15, 0.2) is 16.6 Å². The first-order valence-corrected chi connectivity index (χ1v) is 5.94. The van der Waals surface area contributed by atoms with Gasteiger partial charge in [0.25, 0.3) is 0 Å². The molecule has 1 amide bonds. The van der Waals surface area contributed by atoms with E-state index in [2.05, 4.69) is 21.2 Å². The van der Waals surface area contributed by atoms with E-state index in [1.807, 2.05) is 39.8 Å². The summed E-state index contributed by atoms with van der Waals surface area (Å²) in [5.74, 6) is 0. The van der Waals surface area contributed by atoms with Gasteiger partial charge in [0.2, 0.25) is 0 Å². The number of ether oxygens (including phenoxy) is 1. The van der Waals surface area contributed by atoms with Crippen LogP contribution in [0, 0.1) is 13.8 Å². The molecule has 1 aromatic carbocycles. The van der Waals surface area contributed by atoms with Crippen LogP contribution in [0.5, 0.6) is 0 Å². The monoisotopic (exact) mass is 285 g/mol. The molecule has 1 rings (SSSR count). The van der Waals surface area contributed by atoms with Crippen molar-refractivity contribution in [2.24, 2.45) is 0 Å². The summed E-state index contributed by atoms with van der Waals surface area (Å²) in [6.45, 7) is 7.59. The molecule has 0 bridgehead atoms. The number of benzene rings is 1. The van der Waals surface area contributed by atoms with Gasteiger partial charge in [0, 0.05) is 4.47 Å². The van der Waals surface area contributed by atoms with Gasteiger partial charge in [0.05, 0.1) is 11.8 Å². The second kappa shape index (κ2) is 5.34. The average Bonchev–Trinajstić information content (AvgIpc) is 2.09. The number of rotatable bonds is 2.